The predicted molar refractivity (Wildman–Crippen MR) is 131 cm³/mol. The molecule has 3 N–H and O–H groups in total. The molecule has 2 atom stereocenters. The number of likely N-dealkylation sites (N-methyl/N-ethyl adjacent to an activating group) is 1. The highest BCUT2D eigenvalue weighted by Crippen LogP contribution is 2.32. The highest BCUT2D eigenvalue weighted by molar-refractivity contribution is 6.35. The van der Waals surface area contributed by atoms with Crippen molar-refractivity contribution in [2.45, 2.75) is 25.0 Å². The maximum atomic E-state index is 13.5. The lowest BCUT2D eigenvalue weighted by Gasteiger charge is -2.25. The third-order valence-electron chi connectivity index (χ3n) is 6.23. The zero-order valence-electron chi connectivity index (χ0n) is 18.5. The molecule has 0 amide bonds. The Kier molecular flexibility index (Phi) is 6.19. The number of carbonyl (C=O) groups excluding carboxylic acids is 1. The molecule has 0 bridgehead atoms. The Labute approximate surface area is 201 Å². The number of benzene rings is 2. The summed E-state index contributed by atoms with van der Waals surface area (Å²) >= 11 is 6.50. The number of H-pyrrole nitrogens is 1. The number of ketones is 1. The van der Waals surface area contributed by atoms with Crippen molar-refractivity contribution in [1.29, 1.82) is 0 Å². The number of aromatic nitrogens is 3. The Morgan fingerprint density at radius 3 is 2.74 bits per heavy atom. The van der Waals surface area contributed by atoms with Crippen molar-refractivity contribution in [2.24, 2.45) is 0 Å². The number of aliphatic hydroxyl groups is 1. The maximum absolute atomic E-state index is 13.5. The van der Waals surface area contributed by atoms with Crippen molar-refractivity contribution in [3.05, 3.63) is 77.2 Å². The van der Waals surface area contributed by atoms with Crippen molar-refractivity contribution >= 4 is 34.2 Å². The molecule has 8 nitrogen and oxygen atoms in total. The summed E-state index contributed by atoms with van der Waals surface area (Å²) < 4.78 is 5.82. The SMILES string of the molecule is CN1C(CO)CCC1Nc1ncnc2[nH]cc(C(=O)c3ccc(Oc4ccccc4)cc3Cl)c12. The Morgan fingerprint density at radius 1 is 1.18 bits per heavy atom. The minimum Gasteiger partial charge on any atom is -0.457 e. The van der Waals surface area contributed by atoms with Crippen molar-refractivity contribution in [1.82, 2.24) is 19.9 Å². The summed E-state index contributed by atoms with van der Waals surface area (Å²) in [5.41, 5.74) is 1.34. The van der Waals surface area contributed by atoms with Gasteiger partial charge < -0.3 is 20.1 Å². The molecule has 1 aliphatic heterocycles. The van der Waals surface area contributed by atoms with E-state index in [-0.39, 0.29) is 24.6 Å². The average molecular weight is 478 g/mol. The smallest absolute Gasteiger partial charge is 0.196 e. The molecule has 1 aliphatic rings. The monoisotopic (exact) mass is 477 g/mol. The van der Waals surface area contributed by atoms with E-state index in [0.29, 0.717) is 44.5 Å². The van der Waals surface area contributed by atoms with E-state index in [9.17, 15) is 9.90 Å². The first-order valence-corrected chi connectivity index (χ1v) is 11.4. The fourth-order valence-corrected chi connectivity index (χ4v) is 4.58. The quantitative estimate of drug-likeness (QED) is 0.338. The molecule has 1 saturated heterocycles. The van der Waals surface area contributed by atoms with Crippen LogP contribution >= 0.6 is 11.6 Å². The number of nitrogens with one attached hydrogen (secondary N) is 2. The summed E-state index contributed by atoms with van der Waals surface area (Å²) in [5.74, 6) is 1.54. The molecule has 2 unspecified atom stereocenters. The van der Waals surface area contributed by atoms with Crippen molar-refractivity contribution in [3.8, 4) is 11.5 Å². The van der Waals surface area contributed by atoms with Crippen LogP contribution in [0.1, 0.15) is 28.8 Å². The molecule has 0 aliphatic carbocycles. The first kappa shape index (κ1) is 22.3. The van der Waals surface area contributed by atoms with Gasteiger partial charge in [-0.15, -0.1) is 0 Å². The van der Waals surface area contributed by atoms with Gasteiger partial charge in [-0.25, -0.2) is 9.97 Å². The Balaban J connectivity index is 1.44. The van der Waals surface area contributed by atoms with Crippen LogP contribution in [0.25, 0.3) is 11.0 Å². The first-order valence-electron chi connectivity index (χ1n) is 11.0. The van der Waals surface area contributed by atoms with Gasteiger partial charge in [-0.2, -0.15) is 0 Å². The summed E-state index contributed by atoms with van der Waals surface area (Å²) in [6.45, 7) is 0.101. The van der Waals surface area contributed by atoms with Gasteiger partial charge in [0.25, 0.3) is 0 Å². The number of anilines is 1. The van der Waals surface area contributed by atoms with E-state index in [1.54, 1.807) is 24.4 Å². The van der Waals surface area contributed by atoms with E-state index >= 15 is 0 Å². The maximum Gasteiger partial charge on any atom is 0.196 e. The van der Waals surface area contributed by atoms with Gasteiger partial charge in [-0.1, -0.05) is 29.8 Å². The highest BCUT2D eigenvalue weighted by atomic mass is 35.5. The van der Waals surface area contributed by atoms with Gasteiger partial charge in [0.2, 0.25) is 0 Å². The van der Waals surface area contributed by atoms with Crippen LogP contribution in [-0.2, 0) is 0 Å². The third kappa shape index (κ3) is 4.23. The normalized spacial score (nSPS) is 18.3. The van der Waals surface area contributed by atoms with Gasteiger partial charge in [0.15, 0.2) is 5.78 Å². The number of hydrogen-bond donors (Lipinski definition) is 3. The fourth-order valence-electron chi connectivity index (χ4n) is 4.33. The molecule has 0 spiro atoms. The van der Waals surface area contributed by atoms with Gasteiger partial charge in [0.05, 0.1) is 28.7 Å². The molecule has 2 aromatic carbocycles. The first-order chi connectivity index (χ1) is 16.5. The molecule has 34 heavy (non-hydrogen) atoms. The standard InChI is InChI=1S/C25H24ClN5O3/c1-31-15(13-32)7-10-21(31)30-25-22-19(12-27-24(22)28-14-29-25)23(33)18-9-8-17(11-20(18)26)34-16-5-3-2-4-6-16/h2-6,8-9,11-12,14-15,21,32H,7,10,13H2,1H3,(H2,27,28,29,30). The molecule has 3 heterocycles. The predicted octanol–water partition coefficient (Wildman–Crippen LogP) is 4.46. The van der Waals surface area contributed by atoms with E-state index in [1.807, 2.05) is 37.4 Å². The van der Waals surface area contributed by atoms with Crippen LogP contribution in [0.2, 0.25) is 5.02 Å². The van der Waals surface area contributed by atoms with Crippen LogP contribution in [0.15, 0.2) is 61.1 Å². The molecule has 5 rings (SSSR count). The Bertz CT molecular complexity index is 1330. The molecule has 1 fully saturated rings. The van der Waals surface area contributed by atoms with E-state index < -0.39 is 0 Å². The van der Waals surface area contributed by atoms with E-state index in [0.717, 1.165) is 12.8 Å². The van der Waals surface area contributed by atoms with Crippen LogP contribution in [-0.4, -0.2) is 56.6 Å². The zero-order chi connectivity index (χ0) is 23.7. The fraction of sp³-hybridized carbons (Fsp3) is 0.240. The van der Waals surface area contributed by atoms with Gasteiger partial charge in [-0.3, -0.25) is 9.69 Å². The second-order valence-corrected chi connectivity index (χ2v) is 8.68. The third-order valence-corrected chi connectivity index (χ3v) is 6.55. The number of nitrogens with zero attached hydrogens (tertiary/aromatic N) is 3. The van der Waals surface area contributed by atoms with Gasteiger partial charge in [-0.05, 0) is 44.2 Å². The summed E-state index contributed by atoms with van der Waals surface area (Å²) in [4.78, 5) is 27.3. The van der Waals surface area contributed by atoms with Gasteiger partial charge in [0.1, 0.15) is 29.3 Å². The summed E-state index contributed by atoms with van der Waals surface area (Å²) in [6, 6.07) is 14.5. The number of para-hydroxylation sites is 1. The molecule has 174 valence electrons. The Hall–Kier alpha value is -3.46. The minimum atomic E-state index is -0.242. The van der Waals surface area contributed by atoms with E-state index in [2.05, 4.69) is 25.2 Å². The summed E-state index contributed by atoms with van der Waals surface area (Å²) in [7, 11) is 1.96. The van der Waals surface area contributed by atoms with Crippen LogP contribution < -0.4 is 10.1 Å². The number of aliphatic hydroxyl groups excluding tert-OH is 1. The van der Waals surface area contributed by atoms with Crippen molar-refractivity contribution in [3.63, 3.8) is 0 Å². The second-order valence-electron chi connectivity index (χ2n) is 8.27. The lowest BCUT2D eigenvalue weighted by Crippen LogP contribution is -2.39. The number of rotatable bonds is 7. The molecule has 2 aromatic heterocycles. The number of carbonyl (C=O) groups is 1. The molecule has 0 saturated carbocycles. The highest BCUT2D eigenvalue weighted by Gasteiger charge is 2.31. The molecular formula is C25H24ClN5O3. The minimum absolute atomic E-state index is 0.00823. The molecular weight excluding hydrogens is 454 g/mol. The zero-order valence-corrected chi connectivity index (χ0v) is 19.3. The Morgan fingerprint density at radius 2 is 2.00 bits per heavy atom. The summed E-state index contributed by atoms with van der Waals surface area (Å²) in [5, 5.41) is 13.9. The topological polar surface area (TPSA) is 103 Å². The number of fused-ring (bicyclic) bond motifs is 1. The second kappa shape index (κ2) is 9.42. The van der Waals surface area contributed by atoms with Gasteiger partial charge in [0, 0.05) is 23.9 Å². The lowest BCUT2D eigenvalue weighted by molar-refractivity contribution is 0.104. The largest absolute Gasteiger partial charge is 0.457 e. The number of halogens is 1. The number of ether oxygens (including phenoxy) is 1. The molecule has 0 radical (unpaired) electrons. The summed E-state index contributed by atoms with van der Waals surface area (Å²) in [6.07, 6.45) is 4.81. The lowest BCUT2D eigenvalue weighted by atomic mass is 10.0. The van der Waals surface area contributed by atoms with Crippen LogP contribution in [0.5, 0.6) is 11.5 Å². The number of likely N-dealkylation sites (tertiary alicyclic amines) is 1. The molecule has 4 aromatic rings. The number of hydrogen-bond acceptors (Lipinski definition) is 7. The van der Waals surface area contributed by atoms with E-state index in [4.69, 9.17) is 16.3 Å². The van der Waals surface area contributed by atoms with Crippen molar-refractivity contribution in [2.75, 3.05) is 19.0 Å². The van der Waals surface area contributed by atoms with Gasteiger partial charge >= 0.3 is 0 Å². The van der Waals surface area contributed by atoms with Crippen molar-refractivity contribution < 1.29 is 14.6 Å². The molecule has 9 heteroatoms. The van der Waals surface area contributed by atoms with Crippen LogP contribution in [0.4, 0.5) is 5.82 Å². The van der Waals surface area contributed by atoms with E-state index in [1.165, 1.54) is 6.33 Å². The average Bonchev–Trinajstić information content (AvgIpc) is 3.43. The van der Waals surface area contributed by atoms with Crippen LogP contribution in [0, 0.1) is 0 Å². The number of aromatic amines is 1. The van der Waals surface area contributed by atoms with Crippen LogP contribution in [0.3, 0.4) is 0 Å².